The molecular weight excluding hydrogens is 252 g/mol. The van der Waals surface area contributed by atoms with Crippen LogP contribution in [0.4, 0.5) is 5.95 Å². The highest BCUT2D eigenvalue weighted by Crippen LogP contribution is 2.20. The minimum atomic E-state index is 0.105. The molecule has 1 aromatic rings. The highest BCUT2D eigenvalue weighted by atomic mass is 16.5. The van der Waals surface area contributed by atoms with Gasteiger partial charge in [-0.25, -0.2) is 4.98 Å². The number of aryl methyl sites for hydroxylation is 1. The zero-order chi connectivity index (χ0) is 15.1. The number of aromatic nitrogens is 2. The van der Waals surface area contributed by atoms with Crippen molar-refractivity contribution in [2.24, 2.45) is 5.73 Å². The smallest absolute Gasteiger partial charge is 0.229 e. The fraction of sp³-hybridized carbons (Fsp3) is 0.733. The van der Waals surface area contributed by atoms with Crippen LogP contribution in [0.25, 0.3) is 0 Å². The first-order valence-electron chi connectivity index (χ1n) is 7.50. The van der Waals surface area contributed by atoms with Gasteiger partial charge < -0.3 is 15.4 Å². The zero-order valence-electron chi connectivity index (χ0n) is 13.4. The van der Waals surface area contributed by atoms with Crippen LogP contribution >= 0.6 is 0 Å². The van der Waals surface area contributed by atoms with E-state index in [0.717, 1.165) is 31.0 Å². The number of nitrogens with zero attached hydrogens (tertiary/aromatic N) is 3. The number of hydrogen-bond acceptors (Lipinski definition) is 5. The third-order valence-corrected chi connectivity index (χ3v) is 3.19. The molecule has 1 aromatic heterocycles. The van der Waals surface area contributed by atoms with Gasteiger partial charge in [-0.15, -0.1) is 0 Å². The topological polar surface area (TPSA) is 64.3 Å². The molecule has 0 aromatic carbocycles. The molecule has 114 valence electrons. The minimum absolute atomic E-state index is 0.105. The summed E-state index contributed by atoms with van der Waals surface area (Å²) in [6, 6.07) is 2.28. The Morgan fingerprint density at radius 1 is 1.25 bits per heavy atom. The van der Waals surface area contributed by atoms with Crippen molar-refractivity contribution in [3.8, 4) is 5.88 Å². The first kappa shape index (κ1) is 16.7. The molecule has 20 heavy (non-hydrogen) atoms. The van der Waals surface area contributed by atoms with E-state index in [1.165, 1.54) is 0 Å². The zero-order valence-corrected chi connectivity index (χ0v) is 13.4. The molecule has 0 aliphatic carbocycles. The van der Waals surface area contributed by atoms with Crippen molar-refractivity contribution in [3.05, 3.63) is 11.8 Å². The lowest BCUT2D eigenvalue weighted by molar-refractivity contribution is 0.232. The second kappa shape index (κ2) is 8.04. The third-order valence-electron chi connectivity index (χ3n) is 3.19. The van der Waals surface area contributed by atoms with E-state index in [-0.39, 0.29) is 6.10 Å². The number of hydrogen-bond donors (Lipinski definition) is 1. The van der Waals surface area contributed by atoms with Crippen molar-refractivity contribution in [2.45, 2.75) is 59.6 Å². The molecule has 0 unspecified atom stereocenters. The molecule has 0 atom stereocenters. The summed E-state index contributed by atoms with van der Waals surface area (Å²) in [5.74, 6) is 1.36. The molecule has 0 saturated carbocycles. The molecule has 1 heterocycles. The predicted octanol–water partition coefficient (Wildman–Crippen LogP) is 2.53. The van der Waals surface area contributed by atoms with Gasteiger partial charge in [-0.2, -0.15) is 4.98 Å². The predicted molar refractivity (Wildman–Crippen MR) is 83.3 cm³/mol. The Bertz CT molecular complexity index is 405. The van der Waals surface area contributed by atoms with E-state index in [2.05, 4.69) is 28.7 Å². The summed E-state index contributed by atoms with van der Waals surface area (Å²) in [6.45, 7) is 11.7. The summed E-state index contributed by atoms with van der Waals surface area (Å²) in [4.78, 5) is 11.3. The number of ether oxygens (including phenoxy) is 1. The number of nitrogens with two attached hydrogens (primary N) is 1. The summed E-state index contributed by atoms with van der Waals surface area (Å²) in [7, 11) is 0. The molecule has 0 amide bonds. The molecule has 0 radical (unpaired) electrons. The van der Waals surface area contributed by atoms with Gasteiger partial charge >= 0.3 is 0 Å². The maximum Gasteiger partial charge on any atom is 0.229 e. The number of anilines is 1. The Kier molecular flexibility index (Phi) is 6.71. The van der Waals surface area contributed by atoms with Crippen LogP contribution in [0.1, 0.15) is 46.2 Å². The SMILES string of the molecule is CCC(CC)N(CCN)c1nc(C)cc(OC(C)C)n1. The largest absolute Gasteiger partial charge is 0.475 e. The van der Waals surface area contributed by atoms with E-state index in [4.69, 9.17) is 10.5 Å². The van der Waals surface area contributed by atoms with E-state index in [0.29, 0.717) is 18.5 Å². The van der Waals surface area contributed by atoms with E-state index in [1.807, 2.05) is 26.8 Å². The quantitative estimate of drug-likeness (QED) is 0.792. The molecule has 0 aliphatic heterocycles. The molecule has 0 fully saturated rings. The summed E-state index contributed by atoms with van der Waals surface area (Å²) >= 11 is 0. The first-order valence-corrected chi connectivity index (χ1v) is 7.50. The Morgan fingerprint density at radius 3 is 2.40 bits per heavy atom. The summed E-state index contributed by atoms with van der Waals surface area (Å²) in [6.07, 6.45) is 2.20. The van der Waals surface area contributed by atoms with Crippen molar-refractivity contribution >= 4 is 5.95 Å². The van der Waals surface area contributed by atoms with Gasteiger partial charge in [0.1, 0.15) is 0 Å². The van der Waals surface area contributed by atoms with Crippen LogP contribution in [-0.4, -0.2) is 35.2 Å². The van der Waals surface area contributed by atoms with Gasteiger partial charge in [-0.1, -0.05) is 13.8 Å². The van der Waals surface area contributed by atoms with Crippen molar-refractivity contribution in [2.75, 3.05) is 18.0 Å². The van der Waals surface area contributed by atoms with Crippen molar-refractivity contribution in [3.63, 3.8) is 0 Å². The van der Waals surface area contributed by atoms with Crippen molar-refractivity contribution in [1.29, 1.82) is 0 Å². The molecule has 5 heteroatoms. The highest BCUT2D eigenvalue weighted by molar-refractivity contribution is 5.36. The summed E-state index contributed by atoms with van der Waals surface area (Å²) < 4.78 is 5.70. The van der Waals surface area contributed by atoms with Crippen molar-refractivity contribution < 1.29 is 4.74 Å². The number of rotatable bonds is 8. The van der Waals surface area contributed by atoms with Gasteiger partial charge in [-0.3, -0.25) is 0 Å². The van der Waals surface area contributed by atoms with Crippen LogP contribution in [0.3, 0.4) is 0 Å². The maximum absolute atomic E-state index is 5.74. The average Bonchev–Trinajstić information content (AvgIpc) is 2.37. The van der Waals surface area contributed by atoms with Gasteiger partial charge in [0.25, 0.3) is 0 Å². The van der Waals surface area contributed by atoms with E-state index in [9.17, 15) is 0 Å². The van der Waals surface area contributed by atoms with E-state index in [1.54, 1.807) is 0 Å². The normalized spacial score (nSPS) is 11.2. The van der Waals surface area contributed by atoms with Gasteiger partial charge in [0.05, 0.1) is 6.10 Å². The molecule has 2 N–H and O–H groups in total. The Morgan fingerprint density at radius 2 is 1.90 bits per heavy atom. The van der Waals surface area contributed by atoms with Crippen LogP contribution in [0, 0.1) is 6.92 Å². The molecule has 1 rings (SSSR count). The third kappa shape index (κ3) is 4.63. The van der Waals surface area contributed by atoms with E-state index >= 15 is 0 Å². The van der Waals surface area contributed by atoms with Crippen LogP contribution in [-0.2, 0) is 0 Å². The van der Waals surface area contributed by atoms with Crippen LogP contribution in [0.5, 0.6) is 5.88 Å². The molecule has 0 aliphatic rings. The molecular formula is C15H28N4O. The minimum Gasteiger partial charge on any atom is -0.475 e. The summed E-state index contributed by atoms with van der Waals surface area (Å²) in [5, 5.41) is 0. The molecule has 5 nitrogen and oxygen atoms in total. The Labute approximate surface area is 122 Å². The van der Waals surface area contributed by atoms with Gasteiger partial charge in [0.15, 0.2) is 0 Å². The Balaban J connectivity index is 3.08. The fourth-order valence-electron chi connectivity index (χ4n) is 2.27. The monoisotopic (exact) mass is 280 g/mol. The highest BCUT2D eigenvalue weighted by Gasteiger charge is 2.19. The first-order chi connectivity index (χ1) is 9.51. The lowest BCUT2D eigenvalue weighted by Crippen LogP contribution is -2.39. The van der Waals surface area contributed by atoms with Gasteiger partial charge in [0.2, 0.25) is 11.8 Å². The van der Waals surface area contributed by atoms with Gasteiger partial charge in [0, 0.05) is 30.9 Å². The lowest BCUT2D eigenvalue weighted by atomic mass is 10.1. The second-order valence-corrected chi connectivity index (χ2v) is 5.27. The fourth-order valence-corrected chi connectivity index (χ4v) is 2.27. The van der Waals surface area contributed by atoms with Crippen molar-refractivity contribution in [1.82, 2.24) is 9.97 Å². The summed E-state index contributed by atoms with van der Waals surface area (Å²) in [5.41, 5.74) is 6.66. The second-order valence-electron chi connectivity index (χ2n) is 5.27. The molecule has 0 saturated heterocycles. The lowest BCUT2D eigenvalue weighted by Gasteiger charge is -2.30. The molecule has 0 spiro atoms. The van der Waals surface area contributed by atoms with Gasteiger partial charge in [-0.05, 0) is 33.6 Å². The molecule has 0 bridgehead atoms. The standard InChI is InChI=1S/C15H28N4O/c1-6-13(7-2)19(9-8-16)15-17-12(5)10-14(18-15)20-11(3)4/h10-11,13H,6-9,16H2,1-5H3. The average molecular weight is 280 g/mol. The van der Waals surface area contributed by atoms with E-state index < -0.39 is 0 Å². The maximum atomic E-state index is 5.74. The van der Waals surface area contributed by atoms with Crippen LogP contribution in [0.15, 0.2) is 6.07 Å². The Hall–Kier alpha value is -1.36. The van der Waals surface area contributed by atoms with Crippen LogP contribution in [0.2, 0.25) is 0 Å². The van der Waals surface area contributed by atoms with Crippen LogP contribution < -0.4 is 15.4 Å².